The standard InChI is InChI=1S/C22H30ClNO2/c1-3-4-5-6-7-15-24-16-19-9-8-10-21(25-2)22(19)26-17-18-11-13-20(23)14-12-18/h8-14,24H,3-7,15-17H2,1-2H3. The van der Waals surface area contributed by atoms with Crippen LogP contribution in [-0.4, -0.2) is 13.7 Å². The lowest BCUT2D eigenvalue weighted by Gasteiger charge is -2.16. The number of benzene rings is 2. The van der Waals surface area contributed by atoms with Gasteiger partial charge in [-0.3, -0.25) is 0 Å². The van der Waals surface area contributed by atoms with Crippen LogP contribution in [0.4, 0.5) is 0 Å². The Balaban J connectivity index is 1.90. The fourth-order valence-electron chi connectivity index (χ4n) is 2.84. The zero-order valence-corrected chi connectivity index (χ0v) is 16.6. The summed E-state index contributed by atoms with van der Waals surface area (Å²) < 4.78 is 11.6. The van der Waals surface area contributed by atoms with Gasteiger partial charge in [0.05, 0.1) is 7.11 Å². The maximum atomic E-state index is 6.09. The molecule has 0 atom stereocenters. The fraction of sp³-hybridized carbons (Fsp3) is 0.455. The average Bonchev–Trinajstić information content (AvgIpc) is 2.67. The maximum Gasteiger partial charge on any atom is 0.166 e. The Morgan fingerprint density at radius 1 is 0.962 bits per heavy atom. The highest BCUT2D eigenvalue weighted by Crippen LogP contribution is 2.32. The second-order valence-electron chi connectivity index (χ2n) is 6.45. The lowest BCUT2D eigenvalue weighted by atomic mass is 10.1. The molecule has 0 saturated heterocycles. The molecule has 0 fully saturated rings. The van der Waals surface area contributed by atoms with Gasteiger partial charge in [0.25, 0.3) is 0 Å². The molecule has 0 bridgehead atoms. The van der Waals surface area contributed by atoms with Gasteiger partial charge in [-0.25, -0.2) is 0 Å². The predicted octanol–water partition coefficient (Wildman–Crippen LogP) is 5.99. The SMILES string of the molecule is CCCCCCCNCc1cccc(OC)c1OCc1ccc(Cl)cc1. The molecular weight excluding hydrogens is 346 g/mol. The van der Waals surface area contributed by atoms with Crippen LogP contribution in [0.15, 0.2) is 42.5 Å². The van der Waals surface area contributed by atoms with Crippen LogP contribution in [0.2, 0.25) is 5.02 Å². The molecule has 26 heavy (non-hydrogen) atoms. The van der Waals surface area contributed by atoms with Gasteiger partial charge in [0.1, 0.15) is 6.61 Å². The van der Waals surface area contributed by atoms with E-state index in [1.54, 1.807) is 7.11 Å². The van der Waals surface area contributed by atoms with Crippen molar-refractivity contribution in [2.24, 2.45) is 0 Å². The number of methoxy groups -OCH3 is 1. The summed E-state index contributed by atoms with van der Waals surface area (Å²) in [5, 5.41) is 4.25. The van der Waals surface area contributed by atoms with Crippen molar-refractivity contribution < 1.29 is 9.47 Å². The van der Waals surface area contributed by atoms with Crippen molar-refractivity contribution in [3.05, 3.63) is 58.6 Å². The molecule has 2 aromatic carbocycles. The molecule has 0 amide bonds. The van der Waals surface area contributed by atoms with E-state index in [2.05, 4.69) is 18.3 Å². The van der Waals surface area contributed by atoms with Crippen molar-refractivity contribution in [3.63, 3.8) is 0 Å². The van der Waals surface area contributed by atoms with Crippen molar-refractivity contribution in [3.8, 4) is 11.5 Å². The third kappa shape index (κ3) is 6.89. The van der Waals surface area contributed by atoms with Gasteiger partial charge >= 0.3 is 0 Å². The highest BCUT2D eigenvalue weighted by molar-refractivity contribution is 6.30. The topological polar surface area (TPSA) is 30.5 Å². The molecule has 0 aliphatic carbocycles. The number of rotatable bonds is 12. The first-order valence-electron chi connectivity index (χ1n) is 9.48. The molecule has 0 unspecified atom stereocenters. The summed E-state index contributed by atoms with van der Waals surface area (Å²) in [6.45, 7) is 4.53. The van der Waals surface area contributed by atoms with Crippen LogP contribution < -0.4 is 14.8 Å². The van der Waals surface area contributed by atoms with Crippen molar-refractivity contribution in [1.82, 2.24) is 5.32 Å². The van der Waals surface area contributed by atoms with Crippen LogP contribution in [0.3, 0.4) is 0 Å². The summed E-state index contributed by atoms with van der Waals surface area (Å²) in [6, 6.07) is 13.7. The fourth-order valence-corrected chi connectivity index (χ4v) is 2.96. The van der Waals surface area contributed by atoms with Crippen LogP contribution in [-0.2, 0) is 13.2 Å². The van der Waals surface area contributed by atoms with Gasteiger partial charge in [-0.15, -0.1) is 0 Å². The number of ether oxygens (including phenoxy) is 2. The average molecular weight is 376 g/mol. The Bertz CT molecular complexity index is 643. The third-order valence-corrected chi connectivity index (χ3v) is 4.60. The molecule has 0 heterocycles. The van der Waals surface area contributed by atoms with E-state index < -0.39 is 0 Å². The highest BCUT2D eigenvalue weighted by atomic mass is 35.5. The number of hydrogen-bond acceptors (Lipinski definition) is 3. The molecule has 0 aliphatic rings. The smallest absolute Gasteiger partial charge is 0.166 e. The molecule has 0 aromatic heterocycles. The minimum atomic E-state index is 0.488. The summed E-state index contributed by atoms with van der Waals surface area (Å²) in [7, 11) is 1.68. The van der Waals surface area contributed by atoms with E-state index in [0.29, 0.717) is 6.61 Å². The summed E-state index contributed by atoms with van der Waals surface area (Å²) >= 11 is 5.94. The quantitative estimate of drug-likeness (QED) is 0.462. The first-order chi connectivity index (χ1) is 12.7. The molecule has 0 radical (unpaired) electrons. The van der Waals surface area contributed by atoms with Gasteiger partial charge in [-0.05, 0) is 36.7 Å². The van der Waals surface area contributed by atoms with Crippen molar-refractivity contribution >= 4 is 11.6 Å². The zero-order valence-electron chi connectivity index (χ0n) is 15.9. The normalized spacial score (nSPS) is 10.7. The van der Waals surface area contributed by atoms with Crippen molar-refractivity contribution in [2.75, 3.05) is 13.7 Å². The van der Waals surface area contributed by atoms with E-state index in [9.17, 15) is 0 Å². The van der Waals surface area contributed by atoms with Crippen molar-refractivity contribution in [1.29, 1.82) is 0 Å². The van der Waals surface area contributed by atoms with Crippen LogP contribution in [0.25, 0.3) is 0 Å². The van der Waals surface area contributed by atoms with Crippen molar-refractivity contribution in [2.45, 2.75) is 52.2 Å². The van der Waals surface area contributed by atoms with E-state index in [-0.39, 0.29) is 0 Å². The molecule has 1 N–H and O–H groups in total. The van der Waals surface area contributed by atoms with E-state index in [0.717, 1.165) is 40.7 Å². The Morgan fingerprint density at radius 3 is 2.46 bits per heavy atom. The first-order valence-corrected chi connectivity index (χ1v) is 9.86. The molecule has 2 aromatic rings. The molecule has 0 saturated carbocycles. The first kappa shape index (κ1) is 20.6. The van der Waals surface area contributed by atoms with Crippen LogP contribution in [0.5, 0.6) is 11.5 Å². The molecule has 0 spiro atoms. The largest absolute Gasteiger partial charge is 0.493 e. The summed E-state index contributed by atoms with van der Waals surface area (Å²) in [6.07, 6.45) is 6.45. The van der Waals surface area contributed by atoms with Crippen LogP contribution in [0, 0.1) is 0 Å². The lowest BCUT2D eigenvalue weighted by Crippen LogP contribution is -2.15. The molecule has 4 heteroatoms. The number of unbranched alkanes of at least 4 members (excludes halogenated alkanes) is 4. The van der Waals surface area contributed by atoms with Gasteiger partial charge in [0, 0.05) is 17.1 Å². The van der Waals surface area contributed by atoms with Crippen LogP contribution in [0.1, 0.15) is 50.2 Å². The zero-order chi connectivity index (χ0) is 18.6. The van der Waals surface area contributed by atoms with Gasteiger partial charge in [0.15, 0.2) is 11.5 Å². The van der Waals surface area contributed by atoms with Gasteiger partial charge in [0.2, 0.25) is 0 Å². The maximum absolute atomic E-state index is 6.09. The van der Waals surface area contributed by atoms with E-state index in [1.807, 2.05) is 36.4 Å². The number of halogens is 1. The molecule has 0 aliphatic heterocycles. The minimum Gasteiger partial charge on any atom is -0.493 e. The lowest BCUT2D eigenvalue weighted by molar-refractivity contribution is 0.280. The van der Waals surface area contributed by atoms with E-state index >= 15 is 0 Å². The highest BCUT2D eigenvalue weighted by Gasteiger charge is 2.10. The molecule has 142 valence electrons. The monoisotopic (exact) mass is 375 g/mol. The summed E-state index contributed by atoms with van der Waals surface area (Å²) in [5.41, 5.74) is 2.20. The third-order valence-electron chi connectivity index (χ3n) is 4.35. The Hall–Kier alpha value is -1.71. The molecule has 2 rings (SSSR count). The second-order valence-corrected chi connectivity index (χ2v) is 6.89. The molecule has 3 nitrogen and oxygen atoms in total. The Labute approximate surface area is 162 Å². The Kier molecular flexibility index (Phi) is 9.36. The van der Waals surface area contributed by atoms with Gasteiger partial charge in [-0.1, -0.05) is 68.5 Å². The Morgan fingerprint density at radius 2 is 1.73 bits per heavy atom. The number of nitrogens with one attached hydrogen (secondary N) is 1. The van der Waals surface area contributed by atoms with Crippen LogP contribution >= 0.6 is 11.6 Å². The number of para-hydroxylation sites is 1. The van der Waals surface area contributed by atoms with Gasteiger partial charge < -0.3 is 14.8 Å². The molecular formula is C22H30ClNO2. The number of hydrogen-bond donors (Lipinski definition) is 1. The minimum absolute atomic E-state index is 0.488. The predicted molar refractivity (Wildman–Crippen MR) is 109 cm³/mol. The second kappa shape index (κ2) is 11.8. The summed E-state index contributed by atoms with van der Waals surface area (Å²) in [4.78, 5) is 0. The van der Waals surface area contributed by atoms with E-state index in [4.69, 9.17) is 21.1 Å². The summed E-state index contributed by atoms with van der Waals surface area (Å²) in [5.74, 6) is 1.57. The van der Waals surface area contributed by atoms with E-state index in [1.165, 1.54) is 32.1 Å². The van der Waals surface area contributed by atoms with Gasteiger partial charge in [-0.2, -0.15) is 0 Å².